The number of carbonyl (C=O) groups excluding carboxylic acids is 2. The summed E-state index contributed by atoms with van der Waals surface area (Å²) in [6.45, 7) is 6.31. The zero-order chi connectivity index (χ0) is 29.4. The number of rotatable bonds is 11. The van der Waals surface area contributed by atoms with Gasteiger partial charge in [0.2, 0.25) is 0 Å². The number of nitrogens with one attached hydrogen (secondary N) is 2. The topological polar surface area (TPSA) is 107 Å². The second-order valence-electron chi connectivity index (χ2n) is 11.8. The Labute approximate surface area is 238 Å². The van der Waals surface area contributed by atoms with Gasteiger partial charge < -0.3 is 20.6 Å². The molecule has 1 aromatic rings. The molecule has 2 bridgehead atoms. The number of aliphatic imine (C=N–C) groups is 1. The molecule has 0 aromatic carbocycles. The van der Waals surface area contributed by atoms with E-state index in [0.29, 0.717) is 5.92 Å². The third kappa shape index (κ3) is 6.99. The van der Waals surface area contributed by atoms with Crippen LogP contribution < -0.4 is 10.6 Å². The number of amides is 2. The van der Waals surface area contributed by atoms with Crippen molar-refractivity contribution in [1.82, 2.24) is 15.2 Å². The molecule has 1 aromatic heterocycles. The minimum atomic E-state index is -4.76. The molecule has 3 aliphatic rings. The lowest BCUT2D eigenvalue weighted by Gasteiger charge is -2.27. The second kappa shape index (κ2) is 11.7. The van der Waals surface area contributed by atoms with Gasteiger partial charge in [-0.15, -0.1) is 0 Å². The number of carbonyl (C=O) groups is 2. The molecule has 12 heteroatoms. The number of thiocarbonyl (C=S) groups is 1. The molecule has 2 aliphatic heterocycles. The van der Waals surface area contributed by atoms with Gasteiger partial charge in [-0.2, -0.15) is 13.2 Å². The number of nitrogens with zero attached hydrogens (tertiary/aromatic N) is 3. The highest BCUT2D eigenvalue weighted by Gasteiger charge is 2.46. The number of aliphatic hydroxyl groups is 1. The molecule has 4 rings (SSSR count). The fourth-order valence-electron chi connectivity index (χ4n) is 5.67. The number of hydrogen-bond acceptors (Lipinski definition) is 7. The van der Waals surface area contributed by atoms with Gasteiger partial charge in [-0.25, -0.2) is 4.98 Å². The van der Waals surface area contributed by atoms with Gasteiger partial charge in [-0.05, 0) is 77.7 Å². The van der Waals surface area contributed by atoms with Gasteiger partial charge in [-0.3, -0.25) is 14.6 Å². The first-order chi connectivity index (χ1) is 18.7. The Bertz CT molecular complexity index is 1160. The number of pyridine rings is 1. The quantitative estimate of drug-likeness (QED) is 0.205. The van der Waals surface area contributed by atoms with Crippen molar-refractivity contribution >= 4 is 40.4 Å². The molecular formula is C28H38F3N5O3S. The Balaban J connectivity index is 1.68. The summed E-state index contributed by atoms with van der Waals surface area (Å²) in [6, 6.07) is -0.549. The van der Waals surface area contributed by atoms with Crippen molar-refractivity contribution in [2.45, 2.75) is 109 Å². The summed E-state index contributed by atoms with van der Waals surface area (Å²) in [7, 11) is 0. The lowest BCUT2D eigenvalue weighted by molar-refractivity contribution is -0.138. The smallest absolute Gasteiger partial charge is 0.389 e. The SMILES string of the molecule is CC[C@@H](Nc1cc(C(F)(F)F)c(C(=S)C(N=C(C)C(=O)NCC(C)(C)O)C(=O)N2C3CCC2CC3)cn1)C1CC1. The van der Waals surface area contributed by atoms with Crippen LogP contribution in [0.1, 0.15) is 83.8 Å². The van der Waals surface area contributed by atoms with Gasteiger partial charge >= 0.3 is 6.18 Å². The summed E-state index contributed by atoms with van der Waals surface area (Å²) in [4.78, 5) is 36.5. The number of halogens is 3. The molecule has 40 heavy (non-hydrogen) atoms. The van der Waals surface area contributed by atoms with Crippen LogP contribution in [0.3, 0.4) is 0 Å². The van der Waals surface area contributed by atoms with Crippen molar-refractivity contribution in [2.75, 3.05) is 11.9 Å². The molecule has 2 saturated heterocycles. The van der Waals surface area contributed by atoms with Crippen LogP contribution in [-0.4, -0.2) is 73.7 Å². The first kappa shape index (κ1) is 30.4. The number of hydrogen-bond donors (Lipinski definition) is 3. The number of alkyl halides is 3. The van der Waals surface area contributed by atoms with Gasteiger partial charge in [0, 0.05) is 36.4 Å². The molecule has 0 radical (unpaired) electrons. The molecule has 3 heterocycles. The van der Waals surface area contributed by atoms with Crippen LogP contribution >= 0.6 is 12.2 Å². The van der Waals surface area contributed by atoms with Crippen LogP contribution in [0.15, 0.2) is 17.3 Å². The second-order valence-corrected chi connectivity index (χ2v) is 12.2. The monoisotopic (exact) mass is 581 g/mol. The van der Waals surface area contributed by atoms with Crippen molar-refractivity contribution in [3.05, 3.63) is 23.4 Å². The standard InChI is InChI=1S/C28H38F3N5O3S/c1-5-21(16-6-7-16)35-22-12-20(28(29,30)31)19(13-32-22)24(40)23(26(38)36-17-8-9-18(36)11-10-17)34-15(2)25(37)33-14-27(3,4)39/h12-13,16-18,21,23,39H,5-11,14H2,1-4H3,(H,32,35)(H,33,37)/t17?,18?,21-,23?/m1/s1. The average Bonchev–Trinajstić information content (AvgIpc) is 3.56. The van der Waals surface area contributed by atoms with Gasteiger partial charge in [0.25, 0.3) is 11.8 Å². The summed E-state index contributed by atoms with van der Waals surface area (Å²) in [5.74, 6) is -0.630. The van der Waals surface area contributed by atoms with Gasteiger partial charge in [-0.1, -0.05) is 19.1 Å². The van der Waals surface area contributed by atoms with E-state index in [1.807, 2.05) is 6.92 Å². The normalized spacial score (nSPS) is 22.7. The van der Waals surface area contributed by atoms with E-state index >= 15 is 0 Å². The third-order valence-corrected chi connectivity index (χ3v) is 8.40. The van der Waals surface area contributed by atoms with E-state index in [0.717, 1.165) is 57.2 Å². The van der Waals surface area contributed by atoms with E-state index in [-0.39, 0.29) is 41.1 Å². The Kier molecular flexibility index (Phi) is 8.89. The highest BCUT2D eigenvalue weighted by molar-refractivity contribution is 7.81. The maximum Gasteiger partial charge on any atom is 0.417 e. The largest absolute Gasteiger partial charge is 0.417 e. The van der Waals surface area contributed by atoms with Crippen molar-refractivity contribution in [2.24, 2.45) is 10.9 Å². The number of anilines is 1. The van der Waals surface area contributed by atoms with Crippen molar-refractivity contribution in [3.8, 4) is 0 Å². The summed E-state index contributed by atoms with van der Waals surface area (Å²) < 4.78 is 43.0. The van der Waals surface area contributed by atoms with E-state index < -0.39 is 40.8 Å². The Hall–Kier alpha value is -2.60. The van der Waals surface area contributed by atoms with Gasteiger partial charge in [0.15, 0.2) is 6.04 Å². The van der Waals surface area contributed by atoms with E-state index in [1.165, 1.54) is 20.8 Å². The van der Waals surface area contributed by atoms with Crippen LogP contribution in [0, 0.1) is 5.92 Å². The number of fused-ring (bicyclic) bond motifs is 2. The predicted octanol–water partition coefficient (Wildman–Crippen LogP) is 4.29. The van der Waals surface area contributed by atoms with Crippen LogP contribution in [-0.2, 0) is 15.8 Å². The molecule has 2 atom stereocenters. The van der Waals surface area contributed by atoms with E-state index in [9.17, 15) is 27.9 Å². The fourth-order valence-corrected chi connectivity index (χ4v) is 5.99. The Morgan fingerprint density at radius 2 is 1.77 bits per heavy atom. The molecule has 3 N–H and O–H groups in total. The third-order valence-electron chi connectivity index (χ3n) is 7.96. The fraction of sp³-hybridized carbons (Fsp3) is 0.679. The lowest BCUT2D eigenvalue weighted by atomic mass is 10.00. The van der Waals surface area contributed by atoms with Crippen molar-refractivity contribution < 1.29 is 27.9 Å². The maximum absolute atomic E-state index is 14.3. The summed E-state index contributed by atoms with van der Waals surface area (Å²) in [5.41, 5.74) is -2.70. The molecule has 0 spiro atoms. The van der Waals surface area contributed by atoms with Crippen LogP contribution in [0.5, 0.6) is 0 Å². The predicted molar refractivity (Wildman–Crippen MR) is 150 cm³/mol. The minimum absolute atomic E-state index is 0.0116. The van der Waals surface area contributed by atoms with Gasteiger partial charge in [0.05, 0.1) is 21.7 Å². The van der Waals surface area contributed by atoms with Crippen LogP contribution in [0.4, 0.5) is 19.0 Å². The summed E-state index contributed by atoms with van der Waals surface area (Å²) in [6.07, 6.45) is 2.39. The maximum atomic E-state index is 14.3. The minimum Gasteiger partial charge on any atom is -0.389 e. The molecule has 1 aliphatic carbocycles. The molecule has 8 nitrogen and oxygen atoms in total. The van der Waals surface area contributed by atoms with E-state index in [4.69, 9.17) is 12.2 Å². The molecule has 3 fully saturated rings. The van der Waals surface area contributed by atoms with Crippen molar-refractivity contribution in [3.63, 3.8) is 0 Å². The van der Waals surface area contributed by atoms with E-state index in [1.54, 1.807) is 4.90 Å². The highest BCUT2D eigenvalue weighted by atomic mass is 32.1. The molecule has 220 valence electrons. The van der Waals surface area contributed by atoms with Crippen LogP contribution in [0.25, 0.3) is 0 Å². The number of aromatic nitrogens is 1. The van der Waals surface area contributed by atoms with E-state index in [2.05, 4.69) is 20.6 Å². The first-order valence-electron chi connectivity index (χ1n) is 13.9. The molecular weight excluding hydrogens is 543 g/mol. The molecule has 2 amide bonds. The summed E-state index contributed by atoms with van der Waals surface area (Å²) in [5, 5.41) is 15.6. The zero-order valence-electron chi connectivity index (χ0n) is 23.3. The van der Waals surface area contributed by atoms with Crippen molar-refractivity contribution in [1.29, 1.82) is 0 Å². The molecule has 1 unspecified atom stereocenters. The zero-order valence-corrected chi connectivity index (χ0v) is 24.2. The summed E-state index contributed by atoms with van der Waals surface area (Å²) >= 11 is 5.56. The average molecular weight is 582 g/mol. The lowest BCUT2D eigenvalue weighted by Crippen LogP contribution is -2.46. The Morgan fingerprint density at radius 3 is 2.27 bits per heavy atom. The molecule has 1 saturated carbocycles. The first-order valence-corrected chi connectivity index (χ1v) is 14.4. The van der Waals surface area contributed by atoms with Crippen LogP contribution in [0.2, 0.25) is 0 Å². The van der Waals surface area contributed by atoms with Gasteiger partial charge in [0.1, 0.15) is 5.82 Å². The highest BCUT2D eigenvalue weighted by Crippen LogP contribution is 2.40. The Morgan fingerprint density at radius 1 is 1.18 bits per heavy atom.